The van der Waals surface area contributed by atoms with Crippen molar-refractivity contribution in [3.8, 4) is 11.1 Å². The van der Waals surface area contributed by atoms with Crippen LogP contribution in [-0.2, 0) is 46.9 Å². The molecule has 0 nitrogen and oxygen atoms in total. The Morgan fingerprint density at radius 2 is 1.27 bits per heavy atom. The third-order valence-corrected chi connectivity index (χ3v) is 9.22. The standard InChI is InChI=1S/C21H25.C11H14.C10H15.2ClH.Zr/c1-20(2,3)16-9-7-14-11-15-8-10-17(21(4,5)6)13-19(15)18(14)12-16;1-9-5-7-10(8-6-9)11(2,3)4;1-7(2)10-6-8(3)5-9(10)4;;;/h7,9-10,12-13H,11H2,1-6H3;1,5-8H,2-4H3;6-8H,1-4H3;2*1H;/q-1;;-1;;;+2/p-2. The van der Waals surface area contributed by atoms with E-state index in [1.807, 2.05) is 0 Å². The van der Waals surface area contributed by atoms with Crippen LogP contribution in [0.15, 0.2) is 71.8 Å². The van der Waals surface area contributed by atoms with Crippen molar-refractivity contribution in [2.75, 3.05) is 0 Å². The largest absolute Gasteiger partial charge is 1.00 e. The number of fused-ring (bicyclic) bond motifs is 3. The molecule has 0 aromatic heterocycles. The number of allylic oxidation sites excluding steroid dienone is 4. The maximum absolute atomic E-state index is 3.53. The minimum absolute atomic E-state index is 0. The van der Waals surface area contributed by atoms with E-state index in [0.717, 1.165) is 6.42 Å². The van der Waals surface area contributed by atoms with Gasteiger partial charge < -0.3 is 24.8 Å². The van der Waals surface area contributed by atoms with Crippen LogP contribution in [0.5, 0.6) is 0 Å². The zero-order valence-corrected chi connectivity index (χ0v) is 33.9. The molecule has 2 aliphatic rings. The molecule has 0 amide bonds. The Balaban J connectivity index is 0.000000362. The normalized spacial score (nSPS) is 15.2. The second-order valence-corrected chi connectivity index (χ2v) is 16.4. The Bertz CT molecular complexity index is 1420. The second-order valence-electron chi connectivity index (χ2n) is 15.7. The zero-order chi connectivity index (χ0) is 32.3. The zero-order valence-electron chi connectivity index (χ0n) is 30.0. The van der Waals surface area contributed by atoms with Crippen LogP contribution < -0.4 is 24.8 Å². The maximum atomic E-state index is 3.53. The van der Waals surface area contributed by atoms with Gasteiger partial charge in [-0.2, -0.15) is 41.0 Å². The third kappa shape index (κ3) is 11.3. The van der Waals surface area contributed by atoms with Gasteiger partial charge in [0.05, 0.1) is 0 Å². The summed E-state index contributed by atoms with van der Waals surface area (Å²) in [5, 5.41) is 0. The second kappa shape index (κ2) is 16.5. The van der Waals surface area contributed by atoms with Gasteiger partial charge in [-0.3, -0.25) is 6.08 Å². The van der Waals surface area contributed by atoms with Crippen molar-refractivity contribution in [2.45, 2.75) is 113 Å². The molecular weight excluding hydrogens is 667 g/mol. The molecule has 1 unspecified atom stereocenters. The summed E-state index contributed by atoms with van der Waals surface area (Å²) in [5.74, 6) is 1.20. The molecule has 3 heteroatoms. The molecule has 0 N–H and O–H groups in total. The van der Waals surface area contributed by atoms with Gasteiger partial charge in [0.25, 0.3) is 0 Å². The molecule has 0 heterocycles. The van der Waals surface area contributed by atoms with Gasteiger partial charge in [0.1, 0.15) is 0 Å². The summed E-state index contributed by atoms with van der Waals surface area (Å²) in [6.07, 6.45) is 6.71. The van der Waals surface area contributed by atoms with E-state index in [9.17, 15) is 0 Å². The fourth-order valence-corrected chi connectivity index (χ4v) is 6.02. The van der Waals surface area contributed by atoms with Crippen molar-refractivity contribution in [1.29, 1.82) is 0 Å². The molecule has 3 aromatic rings. The van der Waals surface area contributed by atoms with Gasteiger partial charge in [-0.05, 0) is 17.4 Å². The topological polar surface area (TPSA) is 0 Å². The van der Waals surface area contributed by atoms with E-state index in [4.69, 9.17) is 0 Å². The van der Waals surface area contributed by atoms with Crippen molar-refractivity contribution in [1.82, 2.24) is 0 Å². The molecule has 2 aliphatic carbocycles. The number of halogens is 2. The summed E-state index contributed by atoms with van der Waals surface area (Å²) in [6, 6.07) is 23.9. The molecule has 0 saturated carbocycles. The Morgan fingerprint density at radius 3 is 1.69 bits per heavy atom. The van der Waals surface area contributed by atoms with Crippen molar-refractivity contribution < 1.29 is 49.0 Å². The van der Waals surface area contributed by atoms with E-state index in [1.165, 1.54) is 79.9 Å². The van der Waals surface area contributed by atoms with Crippen LogP contribution in [0, 0.1) is 24.0 Å². The van der Waals surface area contributed by atoms with Crippen LogP contribution in [0.25, 0.3) is 11.1 Å². The van der Waals surface area contributed by atoms with Gasteiger partial charge in [0, 0.05) is 0 Å². The van der Waals surface area contributed by atoms with Gasteiger partial charge in [-0.25, -0.2) is 5.57 Å². The smallest absolute Gasteiger partial charge is 0.0733 e. The van der Waals surface area contributed by atoms with E-state index in [-0.39, 0.29) is 41.1 Å². The maximum Gasteiger partial charge on any atom is -0.0733 e. The number of rotatable bonds is 2. The van der Waals surface area contributed by atoms with Crippen LogP contribution in [0.3, 0.4) is 0 Å². The van der Waals surface area contributed by atoms with Crippen molar-refractivity contribution in [2.24, 2.45) is 11.8 Å². The summed E-state index contributed by atoms with van der Waals surface area (Å²) >= 11 is 1.46. The monoisotopic (exact) mass is 718 g/mol. The molecular formula is C42H54Cl2Zr-2. The molecule has 0 aliphatic heterocycles. The fourth-order valence-electron chi connectivity index (χ4n) is 5.55. The van der Waals surface area contributed by atoms with E-state index < -0.39 is 0 Å². The average molecular weight is 721 g/mol. The molecule has 0 spiro atoms. The first-order valence-electron chi connectivity index (χ1n) is 15.9. The van der Waals surface area contributed by atoms with Crippen LogP contribution in [0.1, 0.15) is 123 Å². The van der Waals surface area contributed by atoms with Crippen molar-refractivity contribution >= 4 is 3.71 Å². The Kier molecular flexibility index (Phi) is 15.2. The molecule has 45 heavy (non-hydrogen) atoms. The molecule has 5 rings (SSSR count). The third-order valence-electron chi connectivity index (χ3n) is 8.40. The molecule has 1 atom stereocenters. The molecule has 242 valence electrons. The molecule has 0 radical (unpaired) electrons. The summed E-state index contributed by atoms with van der Waals surface area (Å²) in [7, 11) is 0. The summed E-state index contributed by atoms with van der Waals surface area (Å²) in [4.78, 5) is 0. The number of hydrogen-bond acceptors (Lipinski definition) is 0. The van der Waals surface area contributed by atoms with Crippen LogP contribution in [-0.4, -0.2) is 3.71 Å². The minimum atomic E-state index is 0. The number of benzene rings is 3. The van der Waals surface area contributed by atoms with E-state index in [2.05, 4.69) is 167 Å². The van der Waals surface area contributed by atoms with E-state index in [1.54, 1.807) is 0 Å². The van der Waals surface area contributed by atoms with E-state index >= 15 is 0 Å². The summed E-state index contributed by atoms with van der Waals surface area (Å²) in [6.45, 7) is 29.2. The van der Waals surface area contributed by atoms with E-state index in [0.29, 0.717) is 11.8 Å². The summed E-state index contributed by atoms with van der Waals surface area (Å²) in [5.41, 5.74) is 14.6. The number of hydrogen-bond donors (Lipinski definition) is 0. The fraction of sp³-hybridized carbons (Fsp3) is 0.452. The molecule has 0 saturated heterocycles. The predicted molar refractivity (Wildman–Crippen MR) is 186 cm³/mol. The quantitative estimate of drug-likeness (QED) is 0.247. The molecule has 0 fully saturated rings. The van der Waals surface area contributed by atoms with Gasteiger partial charge in [-0.15, -0.1) is 5.56 Å². The van der Waals surface area contributed by atoms with Gasteiger partial charge in [-0.1, -0.05) is 116 Å². The van der Waals surface area contributed by atoms with Gasteiger partial charge in [0.2, 0.25) is 0 Å². The van der Waals surface area contributed by atoms with Crippen LogP contribution in [0.4, 0.5) is 0 Å². The Morgan fingerprint density at radius 1 is 0.756 bits per heavy atom. The Hall–Kier alpha value is -1.53. The van der Waals surface area contributed by atoms with Crippen LogP contribution in [0.2, 0.25) is 0 Å². The average Bonchev–Trinajstić information content (AvgIpc) is 3.45. The SMILES string of the molecule is CC(C)(C)c1c[c-]c2c(c1)-c1cc(C(C)(C)C)ccc1C2.CC(C)(C)c1ccc([CH]=[Zr+2])cc1.CC1=[C-]C(C)C=C1C(C)C.[Cl-].[Cl-]. The minimum Gasteiger partial charge on any atom is -1.00 e. The molecule has 3 aromatic carbocycles. The van der Waals surface area contributed by atoms with Crippen molar-refractivity contribution in [3.05, 3.63) is 117 Å². The Labute approximate surface area is 303 Å². The first-order chi connectivity index (χ1) is 19.8. The summed E-state index contributed by atoms with van der Waals surface area (Å²) < 4.78 is 2.21. The van der Waals surface area contributed by atoms with Crippen LogP contribution >= 0.6 is 0 Å². The first-order valence-corrected chi connectivity index (χ1v) is 17.3. The molecule has 0 bridgehead atoms. The first kappa shape index (κ1) is 41.5. The predicted octanol–water partition coefficient (Wildman–Crippen LogP) is 5.31. The van der Waals surface area contributed by atoms with Gasteiger partial charge in [0.15, 0.2) is 0 Å². The van der Waals surface area contributed by atoms with Crippen molar-refractivity contribution in [3.63, 3.8) is 0 Å². The van der Waals surface area contributed by atoms with Gasteiger partial charge >= 0.3 is 89.5 Å².